The zero-order chi connectivity index (χ0) is 14.7. The average Bonchev–Trinajstić information content (AvgIpc) is 2.54. The van der Waals surface area contributed by atoms with Gasteiger partial charge >= 0.3 is 0 Å². The highest BCUT2D eigenvalue weighted by Gasteiger charge is 2.15. The summed E-state index contributed by atoms with van der Waals surface area (Å²) in [7, 11) is 0. The van der Waals surface area contributed by atoms with Gasteiger partial charge < -0.3 is 5.32 Å². The van der Waals surface area contributed by atoms with Crippen LogP contribution in [0.5, 0.6) is 0 Å². The third-order valence-electron chi connectivity index (χ3n) is 3.68. The van der Waals surface area contributed by atoms with Gasteiger partial charge in [-0.25, -0.2) is 4.98 Å². The van der Waals surface area contributed by atoms with Gasteiger partial charge in [-0.1, -0.05) is 6.07 Å². The Hall–Kier alpha value is -2.85. The number of pyridine rings is 1. The average molecular weight is 274 g/mol. The summed E-state index contributed by atoms with van der Waals surface area (Å²) >= 11 is 0. The van der Waals surface area contributed by atoms with Crippen molar-refractivity contribution in [3.05, 3.63) is 52.7 Å². The van der Waals surface area contributed by atoms with Crippen LogP contribution in [0.15, 0.2) is 30.3 Å². The molecule has 21 heavy (non-hydrogen) atoms. The number of hydrogen-bond acceptors (Lipinski definition) is 4. The summed E-state index contributed by atoms with van der Waals surface area (Å²) in [6, 6.07) is 13.4. The molecule has 1 aliphatic carbocycles. The van der Waals surface area contributed by atoms with Crippen LogP contribution in [0.1, 0.15) is 35.2 Å². The Balaban J connectivity index is 1.98. The minimum atomic E-state index is 0.554. The monoisotopic (exact) mass is 274 g/mol. The largest absolute Gasteiger partial charge is 0.339 e. The first-order valence-electron chi connectivity index (χ1n) is 7.00. The fourth-order valence-corrected chi connectivity index (χ4v) is 2.62. The normalized spacial score (nSPS) is 12.9. The summed E-state index contributed by atoms with van der Waals surface area (Å²) in [6.45, 7) is 0. The van der Waals surface area contributed by atoms with Crippen molar-refractivity contribution in [3.63, 3.8) is 0 Å². The summed E-state index contributed by atoms with van der Waals surface area (Å²) < 4.78 is 0. The van der Waals surface area contributed by atoms with Crippen LogP contribution in [0.4, 0.5) is 11.5 Å². The van der Waals surface area contributed by atoms with Gasteiger partial charge in [-0.3, -0.25) is 0 Å². The Morgan fingerprint density at radius 3 is 2.71 bits per heavy atom. The number of nitriles is 2. The zero-order valence-electron chi connectivity index (χ0n) is 11.6. The minimum Gasteiger partial charge on any atom is -0.339 e. The fourth-order valence-electron chi connectivity index (χ4n) is 2.62. The summed E-state index contributed by atoms with van der Waals surface area (Å²) in [6.07, 6.45) is 4.28. The second-order valence-electron chi connectivity index (χ2n) is 5.13. The highest BCUT2D eigenvalue weighted by Crippen LogP contribution is 2.26. The molecule has 1 aromatic carbocycles. The highest BCUT2D eigenvalue weighted by atomic mass is 15.0. The molecule has 3 rings (SSSR count). The second kappa shape index (κ2) is 5.64. The first-order valence-corrected chi connectivity index (χ1v) is 7.00. The molecule has 102 valence electrons. The number of aromatic nitrogens is 1. The number of hydrogen-bond donors (Lipinski definition) is 1. The van der Waals surface area contributed by atoms with E-state index in [2.05, 4.69) is 22.4 Å². The van der Waals surface area contributed by atoms with Crippen LogP contribution in [0.2, 0.25) is 0 Å². The lowest BCUT2D eigenvalue weighted by Crippen LogP contribution is -2.09. The number of nitrogens with one attached hydrogen (secondary N) is 1. The molecule has 0 amide bonds. The maximum absolute atomic E-state index is 9.32. The number of anilines is 2. The third kappa shape index (κ3) is 2.70. The van der Waals surface area contributed by atoms with Gasteiger partial charge in [0, 0.05) is 11.4 Å². The van der Waals surface area contributed by atoms with Crippen LogP contribution in [0, 0.1) is 22.7 Å². The molecule has 0 fully saturated rings. The van der Waals surface area contributed by atoms with Gasteiger partial charge in [0.15, 0.2) is 0 Å². The number of fused-ring (bicyclic) bond motifs is 1. The topological polar surface area (TPSA) is 72.5 Å². The van der Waals surface area contributed by atoms with Crippen LogP contribution < -0.4 is 5.32 Å². The molecule has 4 heteroatoms. The van der Waals surface area contributed by atoms with Gasteiger partial charge in [0.05, 0.1) is 17.2 Å². The van der Waals surface area contributed by atoms with Crippen molar-refractivity contribution < 1.29 is 0 Å². The molecule has 0 spiro atoms. The van der Waals surface area contributed by atoms with Gasteiger partial charge in [-0.2, -0.15) is 10.5 Å². The number of aryl methyl sites for hydroxylation is 2. The molecule has 4 nitrogen and oxygen atoms in total. The molecular weight excluding hydrogens is 260 g/mol. The second-order valence-corrected chi connectivity index (χ2v) is 5.13. The molecule has 0 bridgehead atoms. The van der Waals surface area contributed by atoms with Crippen LogP contribution >= 0.6 is 0 Å². The van der Waals surface area contributed by atoms with E-state index in [1.165, 1.54) is 5.56 Å². The predicted molar refractivity (Wildman–Crippen MR) is 80.0 cm³/mol. The van der Waals surface area contributed by atoms with E-state index in [-0.39, 0.29) is 0 Å². The highest BCUT2D eigenvalue weighted by molar-refractivity contribution is 5.65. The number of nitrogens with zero attached hydrogens (tertiary/aromatic N) is 3. The van der Waals surface area contributed by atoms with Crippen LogP contribution in [0.3, 0.4) is 0 Å². The zero-order valence-corrected chi connectivity index (χ0v) is 11.6. The Morgan fingerprint density at radius 1 is 1.05 bits per heavy atom. The maximum Gasteiger partial charge on any atom is 0.148 e. The Bertz CT molecular complexity index is 765. The molecule has 1 N–H and O–H groups in total. The van der Waals surface area contributed by atoms with E-state index in [1.54, 1.807) is 12.1 Å². The summed E-state index contributed by atoms with van der Waals surface area (Å²) in [5, 5.41) is 21.4. The molecule has 0 saturated heterocycles. The molecule has 1 aliphatic rings. The van der Waals surface area contributed by atoms with Crippen molar-refractivity contribution in [2.75, 3.05) is 5.32 Å². The lowest BCUT2D eigenvalue weighted by molar-refractivity contribution is 0.668. The molecule has 0 atom stereocenters. The lowest BCUT2D eigenvalue weighted by Gasteiger charge is -2.17. The summed E-state index contributed by atoms with van der Waals surface area (Å²) in [5.74, 6) is 0.577. The van der Waals surface area contributed by atoms with Crippen molar-refractivity contribution in [1.82, 2.24) is 4.98 Å². The van der Waals surface area contributed by atoms with Gasteiger partial charge in [-0.15, -0.1) is 0 Å². The minimum absolute atomic E-state index is 0.554. The van der Waals surface area contributed by atoms with E-state index in [0.717, 1.165) is 37.1 Å². The van der Waals surface area contributed by atoms with Crippen molar-refractivity contribution in [1.29, 1.82) is 10.5 Å². The van der Waals surface area contributed by atoms with Gasteiger partial charge in [0.25, 0.3) is 0 Å². The first-order chi connectivity index (χ1) is 10.3. The molecule has 1 heterocycles. The van der Waals surface area contributed by atoms with E-state index in [9.17, 15) is 5.26 Å². The van der Waals surface area contributed by atoms with Crippen LogP contribution in [-0.4, -0.2) is 4.98 Å². The molecule has 0 unspecified atom stereocenters. The number of rotatable bonds is 2. The van der Waals surface area contributed by atoms with Crippen LogP contribution in [-0.2, 0) is 12.8 Å². The van der Waals surface area contributed by atoms with Crippen molar-refractivity contribution in [2.45, 2.75) is 25.7 Å². The van der Waals surface area contributed by atoms with E-state index < -0.39 is 0 Å². The van der Waals surface area contributed by atoms with E-state index in [0.29, 0.717) is 16.9 Å². The molecule has 1 aromatic heterocycles. The Labute approximate surface area is 123 Å². The molecular formula is C17H14N4. The molecule has 0 aliphatic heterocycles. The Morgan fingerprint density at radius 2 is 1.90 bits per heavy atom. The molecule has 0 radical (unpaired) electrons. The molecule has 2 aromatic rings. The van der Waals surface area contributed by atoms with E-state index >= 15 is 0 Å². The van der Waals surface area contributed by atoms with E-state index in [1.807, 2.05) is 18.2 Å². The van der Waals surface area contributed by atoms with Gasteiger partial charge in [-0.05, 0) is 55.5 Å². The first kappa shape index (κ1) is 13.1. The van der Waals surface area contributed by atoms with E-state index in [4.69, 9.17) is 5.26 Å². The summed E-state index contributed by atoms with van der Waals surface area (Å²) in [5.41, 5.74) is 4.18. The summed E-state index contributed by atoms with van der Waals surface area (Å²) in [4.78, 5) is 4.62. The standard InChI is InChI=1S/C17H14N4/c18-10-12-4-3-6-15(8-12)20-17-14(11-19)9-13-5-1-2-7-16(13)21-17/h3-4,6,8-9H,1-2,5,7H2,(H,20,21). The van der Waals surface area contributed by atoms with Crippen molar-refractivity contribution in [2.24, 2.45) is 0 Å². The molecule has 0 saturated carbocycles. The van der Waals surface area contributed by atoms with Crippen molar-refractivity contribution in [3.8, 4) is 12.1 Å². The van der Waals surface area contributed by atoms with Gasteiger partial charge in [0.2, 0.25) is 0 Å². The SMILES string of the molecule is N#Cc1cccc(Nc2nc3c(cc2C#N)CCCC3)c1. The number of benzene rings is 1. The maximum atomic E-state index is 9.32. The third-order valence-corrected chi connectivity index (χ3v) is 3.68. The van der Waals surface area contributed by atoms with Crippen LogP contribution in [0.25, 0.3) is 0 Å². The lowest BCUT2D eigenvalue weighted by atomic mass is 9.95. The van der Waals surface area contributed by atoms with Gasteiger partial charge in [0.1, 0.15) is 11.9 Å². The quantitative estimate of drug-likeness (QED) is 0.910. The van der Waals surface area contributed by atoms with Crippen molar-refractivity contribution >= 4 is 11.5 Å². The predicted octanol–water partition coefficient (Wildman–Crippen LogP) is 3.45. The Kier molecular flexibility index (Phi) is 3.53. The smallest absolute Gasteiger partial charge is 0.148 e. The fraction of sp³-hybridized carbons (Fsp3) is 0.235.